The summed E-state index contributed by atoms with van der Waals surface area (Å²) in [5.41, 5.74) is 0.993. The molecule has 1 saturated heterocycles. The largest absolute Gasteiger partial charge is 0.497 e. The number of thiophene rings is 1. The van der Waals surface area contributed by atoms with E-state index < -0.39 is 24.0 Å². The number of aliphatic hydroxyl groups is 2. The predicted molar refractivity (Wildman–Crippen MR) is 115 cm³/mol. The van der Waals surface area contributed by atoms with E-state index in [0.717, 1.165) is 16.3 Å². The van der Waals surface area contributed by atoms with Gasteiger partial charge in [-0.25, -0.2) is 0 Å². The second kappa shape index (κ2) is 10.4. The monoisotopic (exact) mass is 433 g/mol. The minimum absolute atomic E-state index is 0.330. The molecular formula is C21H27N3O5S. The topological polar surface area (TPSA) is 102 Å². The number of carbonyl (C=O) groups excluding carboxylic acids is 2. The smallest absolute Gasteiger partial charge is 0.254 e. The van der Waals surface area contributed by atoms with E-state index in [2.05, 4.69) is 10.2 Å². The number of benzene rings is 1. The first-order chi connectivity index (χ1) is 14.5. The van der Waals surface area contributed by atoms with Crippen LogP contribution < -0.4 is 15.0 Å². The fourth-order valence-corrected chi connectivity index (χ4v) is 4.03. The molecule has 0 saturated carbocycles. The molecule has 0 spiro atoms. The van der Waals surface area contributed by atoms with Crippen LogP contribution in [0.5, 0.6) is 5.75 Å². The number of hydrogen-bond donors (Lipinski definition) is 3. The van der Waals surface area contributed by atoms with E-state index >= 15 is 0 Å². The van der Waals surface area contributed by atoms with Gasteiger partial charge in [-0.05, 0) is 30.0 Å². The molecule has 2 amide bonds. The summed E-state index contributed by atoms with van der Waals surface area (Å²) in [6.45, 7) is 2.26. The van der Waals surface area contributed by atoms with Crippen molar-refractivity contribution in [2.45, 2.75) is 18.6 Å². The maximum absolute atomic E-state index is 12.5. The molecule has 2 heterocycles. The molecule has 1 aliphatic heterocycles. The maximum Gasteiger partial charge on any atom is 0.254 e. The number of nitrogens with zero attached hydrogens (tertiary/aromatic N) is 2. The van der Waals surface area contributed by atoms with E-state index in [9.17, 15) is 19.8 Å². The Balaban J connectivity index is 1.46. The van der Waals surface area contributed by atoms with Crippen LogP contribution in [0.2, 0.25) is 0 Å². The van der Waals surface area contributed by atoms with Crippen LogP contribution in [0.3, 0.4) is 0 Å². The van der Waals surface area contributed by atoms with E-state index in [1.807, 2.05) is 41.8 Å². The SMILES string of the molecule is COc1cccc(N2CCN(C(=O)[C@H](O)[C@@H](O)C(=O)NCCc3cccs3)CC2)c1. The first-order valence-electron chi connectivity index (χ1n) is 9.83. The van der Waals surface area contributed by atoms with Crippen LogP contribution >= 0.6 is 11.3 Å². The van der Waals surface area contributed by atoms with E-state index in [-0.39, 0.29) is 0 Å². The summed E-state index contributed by atoms with van der Waals surface area (Å²) in [7, 11) is 1.61. The summed E-state index contributed by atoms with van der Waals surface area (Å²) in [6, 6.07) is 11.6. The molecule has 1 aliphatic rings. The van der Waals surface area contributed by atoms with Crippen molar-refractivity contribution in [3.63, 3.8) is 0 Å². The van der Waals surface area contributed by atoms with Crippen molar-refractivity contribution in [3.8, 4) is 5.75 Å². The van der Waals surface area contributed by atoms with Gasteiger partial charge in [0.25, 0.3) is 11.8 Å². The average molecular weight is 434 g/mol. The zero-order valence-electron chi connectivity index (χ0n) is 16.9. The Hall–Kier alpha value is -2.62. The van der Waals surface area contributed by atoms with Gasteiger partial charge in [0, 0.05) is 49.4 Å². The molecule has 2 atom stereocenters. The minimum atomic E-state index is -1.79. The van der Waals surface area contributed by atoms with Crippen molar-refractivity contribution in [2.75, 3.05) is 44.7 Å². The number of carbonyl (C=O) groups is 2. The highest BCUT2D eigenvalue weighted by Gasteiger charge is 2.34. The number of anilines is 1. The molecule has 0 unspecified atom stereocenters. The van der Waals surface area contributed by atoms with Crippen LogP contribution in [0.4, 0.5) is 5.69 Å². The molecule has 8 nitrogen and oxygen atoms in total. The average Bonchev–Trinajstić information content (AvgIpc) is 3.31. The van der Waals surface area contributed by atoms with Gasteiger partial charge in [0.15, 0.2) is 12.2 Å². The van der Waals surface area contributed by atoms with Crippen molar-refractivity contribution in [1.82, 2.24) is 10.2 Å². The van der Waals surface area contributed by atoms with E-state index in [4.69, 9.17) is 4.74 Å². The van der Waals surface area contributed by atoms with Crippen LogP contribution in [-0.2, 0) is 16.0 Å². The fourth-order valence-electron chi connectivity index (χ4n) is 3.33. The molecule has 3 rings (SSSR count). The Labute approximate surface area is 179 Å². The zero-order chi connectivity index (χ0) is 21.5. The van der Waals surface area contributed by atoms with Gasteiger partial charge in [-0.1, -0.05) is 12.1 Å². The van der Waals surface area contributed by atoms with Gasteiger partial charge in [0.05, 0.1) is 7.11 Å². The zero-order valence-corrected chi connectivity index (χ0v) is 17.7. The van der Waals surface area contributed by atoms with Crippen LogP contribution in [0.15, 0.2) is 41.8 Å². The molecule has 162 valence electrons. The van der Waals surface area contributed by atoms with Gasteiger partial charge in [-0.2, -0.15) is 0 Å². The number of nitrogens with one attached hydrogen (secondary N) is 1. The summed E-state index contributed by atoms with van der Waals surface area (Å²) in [4.78, 5) is 29.3. The highest BCUT2D eigenvalue weighted by atomic mass is 32.1. The molecule has 0 radical (unpaired) electrons. The first-order valence-corrected chi connectivity index (χ1v) is 10.7. The number of hydrogen-bond acceptors (Lipinski definition) is 7. The van der Waals surface area contributed by atoms with Crippen molar-refractivity contribution < 1.29 is 24.5 Å². The van der Waals surface area contributed by atoms with Crippen LogP contribution in [0, 0.1) is 0 Å². The highest BCUT2D eigenvalue weighted by molar-refractivity contribution is 7.09. The Bertz CT molecular complexity index is 837. The second-order valence-corrected chi connectivity index (χ2v) is 8.06. The number of aliphatic hydroxyl groups excluding tert-OH is 2. The van der Waals surface area contributed by atoms with Gasteiger partial charge in [-0.3, -0.25) is 9.59 Å². The fraction of sp³-hybridized carbons (Fsp3) is 0.429. The third-order valence-electron chi connectivity index (χ3n) is 5.08. The second-order valence-electron chi connectivity index (χ2n) is 7.02. The summed E-state index contributed by atoms with van der Waals surface area (Å²) in [5.74, 6) is -0.627. The van der Waals surface area contributed by atoms with Gasteiger partial charge in [0.2, 0.25) is 0 Å². The summed E-state index contributed by atoms with van der Waals surface area (Å²) >= 11 is 1.58. The minimum Gasteiger partial charge on any atom is -0.497 e. The molecule has 0 aliphatic carbocycles. The van der Waals surface area contributed by atoms with Gasteiger partial charge in [-0.15, -0.1) is 11.3 Å². The highest BCUT2D eigenvalue weighted by Crippen LogP contribution is 2.22. The molecule has 3 N–H and O–H groups in total. The molecule has 1 aromatic carbocycles. The molecular weight excluding hydrogens is 406 g/mol. The number of ether oxygens (including phenoxy) is 1. The lowest BCUT2D eigenvalue weighted by Gasteiger charge is -2.37. The third-order valence-corrected chi connectivity index (χ3v) is 6.02. The van der Waals surface area contributed by atoms with Crippen molar-refractivity contribution >= 4 is 28.8 Å². The molecule has 30 heavy (non-hydrogen) atoms. The lowest BCUT2D eigenvalue weighted by atomic mass is 10.1. The van der Waals surface area contributed by atoms with Crippen LogP contribution in [0.1, 0.15) is 4.88 Å². The first kappa shape index (κ1) is 22.1. The van der Waals surface area contributed by atoms with Crippen LogP contribution in [-0.4, -0.2) is 79.0 Å². The summed E-state index contributed by atoms with van der Waals surface area (Å²) < 4.78 is 5.24. The summed E-state index contributed by atoms with van der Waals surface area (Å²) in [6.07, 6.45) is -2.95. The number of amides is 2. The Kier molecular flexibility index (Phi) is 7.67. The maximum atomic E-state index is 12.5. The quantitative estimate of drug-likeness (QED) is 0.560. The lowest BCUT2D eigenvalue weighted by Crippen LogP contribution is -2.55. The number of piperazine rings is 1. The van der Waals surface area contributed by atoms with Gasteiger partial charge >= 0.3 is 0 Å². The van der Waals surface area contributed by atoms with Crippen molar-refractivity contribution in [3.05, 3.63) is 46.7 Å². The molecule has 1 fully saturated rings. The molecule has 0 bridgehead atoms. The molecule has 9 heteroatoms. The molecule has 2 aromatic rings. The Morgan fingerprint density at radius 1 is 1.13 bits per heavy atom. The normalized spacial score (nSPS) is 16.1. The summed E-state index contributed by atoms with van der Waals surface area (Å²) in [5, 5.41) is 24.8. The van der Waals surface area contributed by atoms with E-state index in [0.29, 0.717) is 39.1 Å². The number of methoxy groups -OCH3 is 1. The van der Waals surface area contributed by atoms with E-state index in [1.54, 1.807) is 18.4 Å². The van der Waals surface area contributed by atoms with Crippen LogP contribution in [0.25, 0.3) is 0 Å². The predicted octanol–water partition coefficient (Wildman–Crippen LogP) is 0.486. The standard InChI is InChI=1S/C21H27N3O5S/c1-29-16-5-2-4-15(14-16)23-9-11-24(12-10-23)21(28)19(26)18(25)20(27)22-8-7-17-6-3-13-30-17/h2-6,13-14,18-19,25-26H,7-12H2,1H3,(H,22,27)/t18-,19-/m1/s1. The Morgan fingerprint density at radius 2 is 1.90 bits per heavy atom. The van der Waals surface area contributed by atoms with Crippen molar-refractivity contribution in [2.24, 2.45) is 0 Å². The Morgan fingerprint density at radius 3 is 2.57 bits per heavy atom. The number of rotatable bonds is 8. The van der Waals surface area contributed by atoms with Gasteiger partial charge in [0.1, 0.15) is 5.75 Å². The lowest BCUT2D eigenvalue weighted by molar-refractivity contribution is -0.153. The van der Waals surface area contributed by atoms with Gasteiger partial charge < -0.3 is 30.1 Å². The third kappa shape index (κ3) is 5.50. The van der Waals surface area contributed by atoms with E-state index in [1.165, 1.54) is 4.90 Å². The molecule has 1 aromatic heterocycles. The van der Waals surface area contributed by atoms with Crippen molar-refractivity contribution in [1.29, 1.82) is 0 Å².